The molecule has 3 rings (SSSR count). The number of nitrogens with one attached hydrogen (secondary N) is 4. The lowest BCUT2D eigenvalue weighted by atomic mass is 10.0. The Morgan fingerprint density at radius 1 is 1.05 bits per heavy atom. The molecule has 212 valence electrons. The van der Waals surface area contributed by atoms with Crippen LogP contribution in [-0.4, -0.2) is 97.8 Å². The smallest absolute Gasteiger partial charge is 0.405 e. The minimum absolute atomic E-state index is 0.00438. The Hall–Kier alpha value is -4.17. The fraction of sp³-hybridized carbons (Fsp3) is 0.480. The van der Waals surface area contributed by atoms with E-state index in [2.05, 4.69) is 15.6 Å². The quantitative estimate of drug-likeness (QED) is 0.166. The number of H-pyrrole nitrogens is 1. The van der Waals surface area contributed by atoms with Gasteiger partial charge in [-0.25, -0.2) is 4.79 Å². The first kappa shape index (κ1) is 29.4. The highest BCUT2D eigenvalue weighted by atomic mass is 16.4. The summed E-state index contributed by atoms with van der Waals surface area (Å²) in [4.78, 5) is 66.9. The van der Waals surface area contributed by atoms with Crippen LogP contribution in [0.15, 0.2) is 30.5 Å². The van der Waals surface area contributed by atoms with Crippen molar-refractivity contribution in [1.82, 2.24) is 25.8 Å². The first-order valence-electron chi connectivity index (χ1n) is 12.5. The van der Waals surface area contributed by atoms with Crippen LogP contribution in [0.1, 0.15) is 32.3 Å². The zero-order valence-electron chi connectivity index (χ0n) is 21.6. The van der Waals surface area contributed by atoms with Gasteiger partial charge in [0.1, 0.15) is 24.2 Å². The Labute approximate surface area is 223 Å². The van der Waals surface area contributed by atoms with Crippen molar-refractivity contribution in [2.75, 3.05) is 6.54 Å². The number of carbonyl (C=O) groups excluding carboxylic acids is 4. The van der Waals surface area contributed by atoms with E-state index in [1.54, 1.807) is 6.20 Å². The number of aliphatic hydroxyl groups is 2. The van der Waals surface area contributed by atoms with E-state index in [1.165, 1.54) is 18.7 Å². The Morgan fingerprint density at radius 2 is 1.72 bits per heavy atom. The SMILES string of the molecule is C[C@@H](O)[C@H](NC(=O)[C@H](Cc1c[nH]c2ccccc12)NC(=O)[C@@H]1CCCN1C(=O)[C@@H](NC(=O)O)[C@@H](C)O)C(N)=O. The van der Waals surface area contributed by atoms with E-state index in [4.69, 9.17) is 10.8 Å². The zero-order valence-corrected chi connectivity index (χ0v) is 21.6. The highest BCUT2D eigenvalue weighted by Crippen LogP contribution is 2.22. The summed E-state index contributed by atoms with van der Waals surface area (Å²) in [6.07, 6.45) is -1.78. The van der Waals surface area contributed by atoms with Gasteiger partial charge >= 0.3 is 6.09 Å². The van der Waals surface area contributed by atoms with E-state index in [1.807, 2.05) is 29.6 Å². The highest BCUT2D eigenvalue weighted by molar-refractivity contribution is 5.96. The maximum absolute atomic E-state index is 13.4. The molecule has 1 aromatic heterocycles. The molecule has 0 aliphatic carbocycles. The average molecular weight is 547 g/mol. The topological polar surface area (TPSA) is 227 Å². The molecular formula is C25H34N6O8. The highest BCUT2D eigenvalue weighted by Gasteiger charge is 2.40. The molecule has 0 saturated carbocycles. The molecule has 1 aliphatic rings. The molecule has 14 heteroatoms. The molecule has 2 aromatic rings. The van der Waals surface area contributed by atoms with E-state index in [9.17, 15) is 34.2 Å². The van der Waals surface area contributed by atoms with Crippen LogP contribution in [0.25, 0.3) is 10.9 Å². The van der Waals surface area contributed by atoms with Gasteiger partial charge in [0.05, 0.1) is 12.2 Å². The summed E-state index contributed by atoms with van der Waals surface area (Å²) in [5.41, 5.74) is 6.82. The number of aromatic amines is 1. The van der Waals surface area contributed by atoms with Crippen LogP contribution >= 0.6 is 0 Å². The fourth-order valence-electron chi connectivity index (χ4n) is 4.68. The lowest BCUT2D eigenvalue weighted by Crippen LogP contribution is -2.60. The van der Waals surface area contributed by atoms with E-state index in [-0.39, 0.29) is 19.4 Å². The number of likely N-dealkylation sites (tertiary alicyclic amines) is 1. The van der Waals surface area contributed by atoms with Gasteiger partial charge in [0.25, 0.3) is 0 Å². The summed E-state index contributed by atoms with van der Waals surface area (Å²) in [5.74, 6) is -3.18. The molecule has 5 amide bonds. The minimum Gasteiger partial charge on any atom is -0.465 e. The van der Waals surface area contributed by atoms with E-state index in [0.29, 0.717) is 12.0 Å². The number of nitrogens with zero attached hydrogens (tertiary/aromatic N) is 1. The molecule has 1 fully saturated rings. The number of fused-ring (bicyclic) bond motifs is 1. The van der Waals surface area contributed by atoms with Crippen molar-refractivity contribution < 1.29 is 39.3 Å². The molecular weight excluding hydrogens is 512 g/mol. The number of hydrogen-bond acceptors (Lipinski definition) is 7. The molecule has 0 unspecified atom stereocenters. The number of primary amides is 1. The normalized spacial score (nSPS) is 19.0. The largest absolute Gasteiger partial charge is 0.465 e. The van der Waals surface area contributed by atoms with Crippen LogP contribution in [0.2, 0.25) is 0 Å². The van der Waals surface area contributed by atoms with E-state index >= 15 is 0 Å². The first-order chi connectivity index (χ1) is 18.4. The average Bonchev–Trinajstić information content (AvgIpc) is 3.52. The molecule has 2 heterocycles. The third kappa shape index (κ3) is 7.03. The number of hydrogen-bond donors (Lipinski definition) is 8. The molecule has 9 N–H and O–H groups in total. The van der Waals surface area contributed by atoms with Gasteiger partial charge in [-0.2, -0.15) is 0 Å². The predicted octanol–water partition coefficient (Wildman–Crippen LogP) is -1.45. The third-order valence-corrected chi connectivity index (χ3v) is 6.68. The Morgan fingerprint density at radius 3 is 2.33 bits per heavy atom. The van der Waals surface area contributed by atoms with Crippen LogP contribution in [0.3, 0.4) is 0 Å². The van der Waals surface area contributed by atoms with Crippen molar-refractivity contribution in [3.8, 4) is 0 Å². The predicted molar refractivity (Wildman–Crippen MR) is 138 cm³/mol. The molecule has 1 aliphatic heterocycles. The standard InChI is InChI=1S/C25H34N6O8/c1-12(32)19(21(26)34)29-22(35)17(10-14-11-27-16-7-4-3-6-15(14)16)28-23(36)18-8-5-9-31(18)24(37)20(13(2)33)30-25(38)39/h3-4,6-7,11-13,17-20,27,30,32-33H,5,8-10H2,1-2H3,(H2,26,34)(H,28,36)(H,29,35)(H,38,39)/t12-,13-,17+,18+,19+,20+/m1/s1. The number of para-hydroxylation sites is 1. The monoisotopic (exact) mass is 546 g/mol. The van der Waals surface area contributed by atoms with Crippen LogP contribution < -0.4 is 21.7 Å². The molecule has 0 spiro atoms. The van der Waals surface area contributed by atoms with Gasteiger partial charge in [0.2, 0.25) is 23.6 Å². The molecule has 6 atom stereocenters. The maximum atomic E-state index is 13.4. The Bertz CT molecular complexity index is 1230. The van der Waals surface area contributed by atoms with Crippen molar-refractivity contribution in [2.24, 2.45) is 5.73 Å². The Balaban J connectivity index is 1.85. The third-order valence-electron chi connectivity index (χ3n) is 6.68. The summed E-state index contributed by atoms with van der Waals surface area (Å²) >= 11 is 0. The second-order valence-electron chi connectivity index (χ2n) is 9.61. The van der Waals surface area contributed by atoms with Gasteiger partial charge < -0.3 is 46.9 Å². The maximum Gasteiger partial charge on any atom is 0.405 e. The van der Waals surface area contributed by atoms with Gasteiger partial charge in [-0.05, 0) is 38.3 Å². The second-order valence-corrected chi connectivity index (χ2v) is 9.61. The van der Waals surface area contributed by atoms with E-state index < -0.39 is 66.1 Å². The van der Waals surface area contributed by atoms with E-state index in [0.717, 1.165) is 10.9 Å². The number of rotatable bonds is 11. The fourth-order valence-corrected chi connectivity index (χ4v) is 4.68. The number of amides is 5. The minimum atomic E-state index is -1.51. The molecule has 14 nitrogen and oxygen atoms in total. The van der Waals surface area contributed by atoms with Crippen molar-refractivity contribution in [3.63, 3.8) is 0 Å². The first-order valence-corrected chi connectivity index (χ1v) is 12.5. The zero-order chi connectivity index (χ0) is 28.9. The second kappa shape index (κ2) is 12.6. The summed E-state index contributed by atoms with van der Waals surface area (Å²) in [7, 11) is 0. The van der Waals surface area contributed by atoms with Gasteiger partial charge in [-0.15, -0.1) is 0 Å². The molecule has 0 bridgehead atoms. The van der Waals surface area contributed by atoms with Crippen molar-refractivity contribution in [3.05, 3.63) is 36.0 Å². The van der Waals surface area contributed by atoms with Gasteiger partial charge in [0, 0.05) is 30.1 Å². The summed E-state index contributed by atoms with van der Waals surface area (Å²) in [6.45, 7) is 2.68. The summed E-state index contributed by atoms with van der Waals surface area (Å²) in [5, 5.41) is 36.7. The molecule has 1 saturated heterocycles. The van der Waals surface area contributed by atoms with Crippen molar-refractivity contribution in [1.29, 1.82) is 0 Å². The number of carbonyl (C=O) groups is 5. The molecule has 1 aromatic carbocycles. The lowest BCUT2D eigenvalue weighted by Gasteiger charge is -2.30. The van der Waals surface area contributed by atoms with Crippen molar-refractivity contribution in [2.45, 2.75) is 69.5 Å². The number of aliphatic hydroxyl groups excluding tert-OH is 2. The number of nitrogens with two attached hydrogens (primary N) is 1. The van der Waals surface area contributed by atoms with Crippen LogP contribution in [-0.2, 0) is 25.6 Å². The van der Waals surface area contributed by atoms with Gasteiger partial charge in [0.15, 0.2) is 0 Å². The summed E-state index contributed by atoms with van der Waals surface area (Å²) < 4.78 is 0. The molecule has 39 heavy (non-hydrogen) atoms. The van der Waals surface area contributed by atoms with Crippen molar-refractivity contribution >= 4 is 40.6 Å². The molecule has 0 radical (unpaired) electrons. The van der Waals surface area contributed by atoms with Crippen LogP contribution in [0.5, 0.6) is 0 Å². The number of benzene rings is 1. The Kier molecular flexibility index (Phi) is 9.48. The summed E-state index contributed by atoms with van der Waals surface area (Å²) in [6, 6.07) is 2.19. The van der Waals surface area contributed by atoms with Gasteiger partial charge in [-0.3, -0.25) is 19.2 Å². The van der Waals surface area contributed by atoms with Crippen LogP contribution in [0.4, 0.5) is 4.79 Å². The van der Waals surface area contributed by atoms with Gasteiger partial charge in [-0.1, -0.05) is 18.2 Å². The number of carboxylic acid groups (broad SMARTS) is 1. The lowest BCUT2D eigenvalue weighted by molar-refractivity contribution is -0.142. The van der Waals surface area contributed by atoms with Crippen LogP contribution in [0, 0.1) is 0 Å². The number of aromatic nitrogens is 1.